The molecule has 7 N–H and O–H groups in total. The number of nitrogen functional groups attached to an aromatic ring is 1. The minimum Gasteiger partial charge on any atom is -0.397 e. The molecule has 1 aromatic rings. The van der Waals surface area contributed by atoms with Crippen molar-refractivity contribution in [1.29, 1.82) is 0 Å². The van der Waals surface area contributed by atoms with Crippen molar-refractivity contribution in [2.75, 3.05) is 11.1 Å². The van der Waals surface area contributed by atoms with Gasteiger partial charge in [-0.2, -0.15) is 0 Å². The Morgan fingerprint density at radius 3 is 2.30 bits per heavy atom. The van der Waals surface area contributed by atoms with Crippen molar-refractivity contribution in [3.05, 3.63) is 10.4 Å². The molecule has 0 bridgehead atoms. The second-order valence-corrected chi connectivity index (χ2v) is 6.09. The third kappa shape index (κ3) is 3.63. The fraction of sp³-hybridized carbons (Fsp3) is 0.538. The minimum absolute atomic E-state index is 0.0632. The molecule has 0 aliphatic carbocycles. The number of nitrogens with two attached hydrogens (primary N) is 3. The Balaban J connectivity index is 3.02. The Bertz CT molecular complexity index is 513. The van der Waals surface area contributed by atoms with Crippen LogP contribution in [0.2, 0.25) is 0 Å². The molecular weight excluding hydrogens is 276 g/mol. The van der Waals surface area contributed by atoms with Gasteiger partial charge in [-0.25, -0.2) is 0 Å². The first kappa shape index (κ1) is 16.3. The molecule has 0 spiro atoms. The van der Waals surface area contributed by atoms with Gasteiger partial charge in [-0.3, -0.25) is 9.59 Å². The van der Waals surface area contributed by atoms with E-state index >= 15 is 0 Å². The van der Waals surface area contributed by atoms with Gasteiger partial charge in [0, 0.05) is 6.04 Å². The van der Waals surface area contributed by atoms with E-state index in [2.05, 4.69) is 19.2 Å². The predicted molar refractivity (Wildman–Crippen MR) is 82.9 cm³/mol. The number of rotatable bonds is 7. The van der Waals surface area contributed by atoms with E-state index in [4.69, 9.17) is 17.2 Å². The standard InChI is InChI=1S/C13H22N4O2S/c1-4-6(2)5-7(3)17-13-8(11(15)18)9(14)10(20-13)12(16)19/h6-7,17H,4-5,14H2,1-3H3,(H2,15,18)(H2,16,19). The molecule has 6 nitrogen and oxygen atoms in total. The van der Waals surface area contributed by atoms with Crippen molar-refractivity contribution in [3.63, 3.8) is 0 Å². The van der Waals surface area contributed by atoms with E-state index in [1.807, 2.05) is 6.92 Å². The lowest BCUT2D eigenvalue weighted by molar-refractivity contribution is 0.0999. The van der Waals surface area contributed by atoms with Crippen LogP contribution < -0.4 is 22.5 Å². The molecule has 0 saturated heterocycles. The number of hydrogen-bond acceptors (Lipinski definition) is 5. The highest BCUT2D eigenvalue weighted by molar-refractivity contribution is 7.19. The van der Waals surface area contributed by atoms with Crippen LogP contribution in [0.4, 0.5) is 10.7 Å². The van der Waals surface area contributed by atoms with Gasteiger partial charge in [-0.05, 0) is 19.3 Å². The Morgan fingerprint density at radius 2 is 1.85 bits per heavy atom. The van der Waals surface area contributed by atoms with Gasteiger partial charge < -0.3 is 22.5 Å². The second kappa shape index (κ2) is 6.60. The van der Waals surface area contributed by atoms with Gasteiger partial charge in [0.25, 0.3) is 11.8 Å². The van der Waals surface area contributed by atoms with Gasteiger partial charge in [0.2, 0.25) is 0 Å². The maximum Gasteiger partial charge on any atom is 0.260 e. The monoisotopic (exact) mass is 298 g/mol. The molecule has 2 amide bonds. The maximum absolute atomic E-state index is 11.5. The molecule has 2 unspecified atom stereocenters. The summed E-state index contributed by atoms with van der Waals surface area (Å²) in [6, 6.07) is 0.141. The van der Waals surface area contributed by atoms with E-state index in [1.54, 1.807) is 0 Å². The Labute approximate surface area is 122 Å². The Kier molecular flexibility index (Phi) is 5.38. The van der Waals surface area contributed by atoms with E-state index in [0.717, 1.165) is 24.2 Å². The van der Waals surface area contributed by atoms with Crippen molar-refractivity contribution in [2.24, 2.45) is 17.4 Å². The van der Waals surface area contributed by atoms with Crippen molar-refractivity contribution >= 4 is 33.8 Å². The molecule has 0 aromatic carbocycles. The van der Waals surface area contributed by atoms with Crippen LogP contribution in [0.25, 0.3) is 0 Å². The minimum atomic E-state index is -0.663. The molecule has 112 valence electrons. The first-order valence-corrected chi connectivity index (χ1v) is 7.37. The number of carbonyl (C=O) groups is 2. The number of primary amides is 2. The molecule has 1 heterocycles. The molecule has 0 saturated carbocycles. The molecular formula is C13H22N4O2S. The van der Waals surface area contributed by atoms with Crippen LogP contribution >= 0.6 is 11.3 Å². The van der Waals surface area contributed by atoms with Crippen molar-refractivity contribution < 1.29 is 9.59 Å². The smallest absolute Gasteiger partial charge is 0.260 e. The van der Waals surface area contributed by atoms with Crippen LogP contribution in [0.15, 0.2) is 0 Å². The Morgan fingerprint density at radius 1 is 1.25 bits per heavy atom. The van der Waals surface area contributed by atoms with E-state index in [0.29, 0.717) is 10.9 Å². The SMILES string of the molecule is CCC(C)CC(C)Nc1sc(C(N)=O)c(N)c1C(N)=O. The first-order chi connectivity index (χ1) is 9.27. The highest BCUT2D eigenvalue weighted by atomic mass is 32.1. The number of amides is 2. The summed E-state index contributed by atoms with van der Waals surface area (Å²) in [5, 5.41) is 3.72. The molecule has 1 rings (SSSR count). The lowest BCUT2D eigenvalue weighted by Crippen LogP contribution is -2.21. The number of hydrogen-bond donors (Lipinski definition) is 4. The molecule has 0 aliphatic rings. The molecule has 20 heavy (non-hydrogen) atoms. The Hall–Kier alpha value is -1.76. The van der Waals surface area contributed by atoms with Crippen LogP contribution in [0.5, 0.6) is 0 Å². The maximum atomic E-state index is 11.5. The first-order valence-electron chi connectivity index (χ1n) is 6.56. The number of anilines is 2. The predicted octanol–water partition coefficient (Wildman–Crippen LogP) is 1.76. The quantitative estimate of drug-likeness (QED) is 0.612. The largest absolute Gasteiger partial charge is 0.397 e. The summed E-state index contributed by atoms with van der Waals surface area (Å²) in [6.07, 6.45) is 2.02. The summed E-state index contributed by atoms with van der Waals surface area (Å²) in [5.41, 5.74) is 16.6. The zero-order valence-electron chi connectivity index (χ0n) is 12.0. The number of thiophene rings is 1. The van der Waals surface area contributed by atoms with E-state index < -0.39 is 11.8 Å². The average Bonchev–Trinajstić information content (AvgIpc) is 2.65. The lowest BCUT2D eigenvalue weighted by Gasteiger charge is -2.18. The van der Waals surface area contributed by atoms with Gasteiger partial charge in [0.15, 0.2) is 0 Å². The zero-order valence-corrected chi connectivity index (χ0v) is 12.8. The van der Waals surface area contributed by atoms with E-state index in [1.165, 1.54) is 0 Å². The average molecular weight is 298 g/mol. The van der Waals surface area contributed by atoms with Crippen molar-refractivity contribution in [3.8, 4) is 0 Å². The van der Waals surface area contributed by atoms with Crippen molar-refractivity contribution in [2.45, 2.75) is 39.7 Å². The van der Waals surface area contributed by atoms with Crippen LogP contribution in [0.3, 0.4) is 0 Å². The van der Waals surface area contributed by atoms with Gasteiger partial charge >= 0.3 is 0 Å². The van der Waals surface area contributed by atoms with Crippen LogP contribution in [0, 0.1) is 5.92 Å². The molecule has 0 aliphatic heterocycles. The highest BCUT2D eigenvalue weighted by Crippen LogP contribution is 2.36. The van der Waals surface area contributed by atoms with Crippen LogP contribution in [-0.2, 0) is 0 Å². The molecule has 0 radical (unpaired) electrons. The summed E-state index contributed by atoms with van der Waals surface area (Å²) < 4.78 is 0. The number of carbonyl (C=O) groups excluding carboxylic acids is 2. The van der Waals surface area contributed by atoms with E-state index in [-0.39, 0.29) is 22.2 Å². The van der Waals surface area contributed by atoms with Gasteiger partial charge in [0.1, 0.15) is 9.88 Å². The highest BCUT2D eigenvalue weighted by Gasteiger charge is 2.23. The third-order valence-electron chi connectivity index (χ3n) is 3.25. The fourth-order valence-electron chi connectivity index (χ4n) is 2.03. The second-order valence-electron chi connectivity index (χ2n) is 5.07. The molecule has 2 atom stereocenters. The lowest BCUT2D eigenvalue weighted by atomic mass is 10.0. The number of nitrogens with one attached hydrogen (secondary N) is 1. The van der Waals surface area contributed by atoms with Crippen LogP contribution in [0.1, 0.15) is 53.6 Å². The summed E-state index contributed by atoms with van der Waals surface area (Å²) in [7, 11) is 0. The summed E-state index contributed by atoms with van der Waals surface area (Å²) in [6.45, 7) is 6.29. The van der Waals surface area contributed by atoms with Gasteiger partial charge in [-0.15, -0.1) is 11.3 Å². The van der Waals surface area contributed by atoms with Crippen molar-refractivity contribution in [1.82, 2.24) is 0 Å². The third-order valence-corrected chi connectivity index (χ3v) is 4.40. The topological polar surface area (TPSA) is 124 Å². The summed E-state index contributed by atoms with van der Waals surface area (Å²) in [5.74, 6) is -0.760. The molecule has 0 fully saturated rings. The molecule has 1 aromatic heterocycles. The van der Waals surface area contributed by atoms with E-state index in [9.17, 15) is 9.59 Å². The molecule has 7 heteroatoms. The van der Waals surface area contributed by atoms with Crippen LogP contribution in [-0.4, -0.2) is 17.9 Å². The summed E-state index contributed by atoms with van der Waals surface area (Å²) >= 11 is 1.07. The normalized spacial score (nSPS) is 13.8. The van der Waals surface area contributed by atoms with Gasteiger partial charge in [-0.1, -0.05) is 20.3 Å². The fourth-order valence-corrected chi connectivity index (χ4v) is 3.12. The van der Waals surface area contributed by atoms with Gasteiger partial charge in [0.05, 0.1) is 11.3 Å². The zero-order chi connectivity index (χ0) is 15.4. The summed E-state index contributed by atoms with van der Waals surface area (Å²) in [4.78, 5) is 23.0.